The molecule has 2 aromatic carbocycles. The second kappa shape index (κ2) is 7.83. The molecule has 0 radical (unpaired) electrons. The van der Waals surface area contributed by atoms with Gasteiger partial charge < -0.3 is 4.74 Å². The van der Waals surface area contributed by atoms with E-state index in [0.29, 0.717) is 10.6 Å². The zero-order chi connectivity index (χ0) is 18.8. The largest absolute Gasteiger partial charge is 0.468 e. The first kappa shape index (κ1) is 19.8. The van der Waals surface area contributed by atoms with Crippen molar-refractivity contribution in [3.8, 4) is 0 Å². The number of ether oxygens (including phenoxy) is 1. The SMILES string of the molecule is COC(=O)CN(c1cccc(Cl)c1C)S(=O)(=O)c1cc(Cl)ccc1Cl. The molecule has 0 aliphatic rings. The third kappa shape index (κ3) is 4.20. The predicted octanol–water partition coefficient (Wildman–Crippen LogP) is 4.32. The quantitative estimate of drug-likeness (QED) is 0.673. The lowest BCUT2D eigenvalue weighted by molar-refractivity contribution is -0.138. The molecule has 0 aliphatic heterocycles. The lowest BCUT2D eigenvalue weighted by atomic mass is 10.2. The van der Waals surface area contributed by atoms with Crippen molar-refractivity contribution in [2.75, 3.05) is 18.0 Å². The number of nitrogens with zero attached hydrogens (tertiary/aromatic N) is 1. The van der Waals surface area contributed by atoms with Gasteiger partial charge in [0.1, 0.15) is 11.4 Å². The van der Waals surface area contributed by atoms with Crippen molar-refractivity contribution in [1.82, 2.24) is 0 Å². The maximum absolute atomic E-state index is 13.2. The number of esters is 1. The Bertz CT molecular complexity index is 916. The Morgan fingerprint density at radius 2 is 1.80 bits per heavy atom. The fourth-order valence-electron chi connectivity index (χ4n) is 2.14. The van der Waals surface area contributed by atoms with Gasteiger partial charge >= 0.3 is 5.97 Å². The Labute approximate surface area is 161 Å². The first-order chi connectivity index (χ1) is 11.7. The van der Waals surface area contributed by atoms with Crippen molar-refractivity contribution < 1.29 is 17.9 Å². The Morgan fingerprint density at radius 1 is 1.12 bits per heavy atom. The van der Waals surface area contributed by atoms with Gasteiger partial charge in [0.2, 0.25) is 0 Å². The van der Waals surface area contributed by atoms with Crippen molar-refractivity contribution in [3.05, 3.63) is 57.0 Å². The minimum absolute atomic E-state index is 0.0149. The molecular weight excluding hydrogens is 409 g/mol. The van der Waals surface area contributed by atoms with Crippen molar-refractivity contribution in [2.45, 2.75) is 11.8 Å². The molecule has 2 aromatic rings. The summed E-state index contributed by atoms with van der Waals surface area (Å²) in [5.41, 5.74) is 0.740. The highest BCUT2D eigenvalue weighted by atomic mass is 35.5. The molecule has 25 heavy (non-hydrogen) atoms. The number of carbonyl (C=O) groups is 1. The van der Waals surface area contributed by atoms with E-state index in [9.17, 15) is 13.2 Å². The standard InChI is InChI=1S/C16H14Cl3NO4S/c1-10-12(18)4-3-5-14(10)20(9-16(21)24-2)25(22,23)15-8-11(17)6-7-13(15)19/h3-8H,9H2,1-2H3. The maximum Gasteiger partial charge on any atom is 0.326 e. The molecule has 5 nitrogen and oxygen atoms in total. The number of methoxy groups -OCH3 is 1. The molecule has 0 N–H and O–H groups in total. The second-order valence-corrected chi connectivity index (χ2v) is 8.13. The van der Waals surface area contributed by atoms with Gasteiger partial charge in [0.05, 0.1) is 17.8 Å². The molecule has 0 fully saturated rings. The zero-order valence-electron chi connectivity index (χ0n) is 13.3. The number of halogens is 3. The molecule has 0 amide bonds. The van der Waals surface area contributed by atoms with Crippen molar-refractivity contribution in [2.24, 2.45) is 0 Å². The topological polar surface area (TPSA) is 63.7 Å². The van der Waals surface area contributed by atoms with Crippen LogP contribution in [0.4, 0.5) is 5.69 Å². The molecule has 0 aromatic heterocycles. The lowest BCUT2D eigenvalue weighted by Gasteiger charge is -2.25. The molecule has 0 aliphatic carbocycles. The lowest BCUT2D eigenvalue weighted by Crippen LogP contribution is -2.37. The van der Waals surface area contributed by atoms with E-state index in [0.717, 1.165) is 4.31 Å². The third-order valence-electron chi connectivity index (χ3n) is 3.47. The second-order valence-electron chi connectivity index (χ2n) is 5.05. The molecule has 0 saturated carbocycles. The van der Waals surface area contributed by atoms with Gasteiger partial charge in [0, 0.05) is 10.0 Å². The number of anilines is 1. The Morgan fingerprint density at radius 3 is 2.44 bits per heavy atom. The van der Waals surface area contributed by atoms with E-state index in [-0.39, 0.29) is 20.6 Å². The van der Waals surface area contributed by atoms with Crippen LogP contribution in [0.2, 0.25) is 15.1 Å². The summed E-state index contributed by atoms with van der Waals surface area (Å²) in [7, 11) is -3.02. The van der Waals surface area contributed by atoms with Crippen LogP contribution in [0.15, 0.2) is 41.3 Å². The van der Waals surface area contributed by atoms with Crippen LogP contribution < -0.4 is 4.31 Å². The summed E-state index contributed by atoms with van der Waals surface area (Å²) in [5, 5.41) is 0.544. The Hall–Kier alpha value is -1.47. The average molecular weight is 423 g/mol. The molecule has 2 rings (SSSR count). The zero-order valence-corrected chi connectivity index (χ0v) is 16.4. The minimum Gasteiger partial charge on any atom is -0.468 e. The van der Waals surface area contributed by atoms with E-state index in [1.165, 1.54) is 25.3 Å². The fraction of sp³-hybridized carbons (Fsp3) is 0.188. The van der Waals surface area contributed by atoms with Crippen molar-refractivity contribution in [1.29, 1.82) is 0 Å². The van der Waals surface area contributed by atoms with Gasteiger partial charge in [-0.3, -0.25) is 9.10 Å². The molecule has 0 bridgehead atoms. The van der Waals surface area contributed by atoms with Crippen LogP contribution in [0.5, 0.6) is 0 Å². The van der Waals surface area contributed by atoms with Gasteiger partial charge in [-0.25, -0.2) is 8.42 Å². The summed E-state index contributed by atoms with van der Waals surface area (Å²) in [6.45, 7) is 1.11. The van der Waals surface area contributed by atoms with Crippen LogP contribution in [0.3, 0.4) is 0 Å². The van der Waals surface area contributed by atoms with Gasteiger partial charge in [-0.1, -0.05) is 40.9 Å². The summed E-state index contributed by atoms with van der Waals surface area (Å²) in [6, 6.07) is 8.82. The molecular formula is C16H14Cl3NO4S. The van der Waals surface area contributed by atoms with Gasteiger partial charge in [-0.15, -0.1) is 0 Å². The highest BCUT2D eigenvalue weighted by Crippen LogP contribution is 2.34. The van der Waals surface area contributed by atoms with E-state index in [1.807, 2.05) is 0 Å². The number of benzene rings is 2. The molecule has 9 heteroatoms. The normalized spacial score (nSPS) is 11.2. The maximum atomic E-state index is 13.2. The number of rotatable bonds is 5. The van der Waals surface area contributed by atoms with Crippen molar-refractivity contribution >= 4 is 56.5 Å². The van der Waals surface area contributed by atoms with Crippen LogP contribution in [-0.2, 0) is 19.6 Å². The van der Waals surface area contributed by atoms with Gasteiger partial charge in [-0.05, 0) is 42.8 Å². The van der Waals surface area contributed by atoms with Crippen LogP contribution in [0.1, 0.15) is 5.56 Å². The summed E-state index contributed by atoms with van der Waals surface area (Å²) in [6.07, 6.45) is 0. The van der Waals surface area contributed by atoms with Crippen LogP contribution in [0.25, 0.3) is 0 Å². The minimum atomic E-state index is -4.19. The number of hydrogen-bond acceptors (Lipinski definition) is 4. The predicted molar refractivity (Wildman–Crippen MR) is 99.2 cm³/mol. The van der Waals surface area contributed by atoms with Crippen LogP contribution in [-0.4, -0.2) is 28.0 Å². The molecule has 0 atom stereocenters. The highest BCUT2D eigenvalue weighted by Gasteiger charge is 2.31. The van der Waals surface area contributed by atoms with Crippen molar-refractivity contribution in [3.63, 3.8) is 0 Å². The highest BCUT2D eigenvalue weighted by molar-refractivity contribution is 7.93. The van der Waals surface area contributed by atoms with E-state index < -0.39 is 22.5 Å². The van der Waals surface area contributed by atoms with E-state index in [1.54, 1.807) is 25.1 Å². The van der Waals surface area contributed by atoms with E-state index >= 15 is 0 Å². The van der Waals surface area contributed by atoms with Crippen LogP contribution >= 0.6 is 34.8 Å². The number of sulfonamides is 1. The molecule has 134 valence electrons. The molecule has 0 heterocycles. The number of carbonyl (C=O) groups excluding carboxylic acids is 1. The summed E-state index contributed by atoms with van der Waals surface area (Å²) >= 11 is 18.1. The summed E-state index contributed by atoms with van der Waals surface area (Å²) in [5.74, 6) is -0.735. The van der Waals surface area contributed by atoms with Crippen LogP contribution in [0, 0.1) is 6.92 Å². The Balaban J connectivity index is 2.68. The summed E-state index contributed by atoms with van der Waals surface area (Å²) < 4.78 is 31.8. The van der Waals surface area contributed by atoms with Gasteiger partial charge in [-0.2, -0.15) is 0 Å². The smallest absolute Gasteiger partial charge is 0.326 e. The first-order valence-electron chi connectivity index (χ1n) is 6.98. The van der Waals surface area contributed by atoms with E-state index in [2.05, 4.69) is 4.74 Å². The molecule has 0 saturated heterocycles. The van der Waals surface area contributed by atoms with Gasteiger partial charge in [0.25, 0.3) is 10.0 Å². The first-order valence-corrected chi connectivity index (χ1v) is 9.55. The number of hydrogen-bond donors (Lipinski definition) is 0. The summed E-state index contributed by atoms with van der Waals surface area (Å²) in [4.78, 5) is 11.6. The van der Waals surface area contributed by atoms with Gasteiger partial charge in [0.15, 0.2) is 0 Å². The monoisotopic (exact) mass is 421 g/mol. The average Bonchev–Trinajstić information content (AvgIpc) is 2.57. The fourth-order valence-corrected chi connectivity index (χ4v) is 4.52. The van der Waals surface area contributed by atoms with E-state index in [4.69, 9.17) is 34.8 Å². The molecule has 0 unspecified atom stereocenters. The molecule has 0 spiro atoms. The third-order valence-corrected chi connectivity index (χ3v) is 6.36. The Kier molecular flexibility index (Phi) is 6.21.